The van der Waals surface area contributed by atoms with Crippen LogP contribution >= 0.6 is 0 Å². The van der Waals surface area contributed by atoms with Gasteiger partial charge in [0.05, 0.1) is 23.8 Å². The number of carboxylic acids is 1. The molecule has 0 saturated heterocycles. The Morgan fingerprint density at radius 3 is 2.07 bits per heavy atom. The van der Waals surface area contributed by atoms with Crippen LogP contribution in [0.1, 0.15) is 25.7 Å². The second kappa shape index (κ2) is 9.17. The molecule has 0 aromatic heterocycles. The first-order valence-corrected chi connectivity index (χ1v) is 11.1. The molecule has 160 valence electrons. The topological polar surface area (TPSA) is 122 Å². The Morgan fingerprint density at radius 1 is 0.933 bits per heavy atom. The Balaban J connectivity index is 1.67. The fourth-order valence-corrected chi connectivity index (χ4v) is 4.62. The van der Waals surface area contributed by atoms with E-state index in [-0.39, 0.29) is 10.8 Å². The Kier molecular flexibility index (Phi) is 6.61. The molecule has 0 aliphatic heterocycles. The first-order chi connectivity index (χ1) is 14.3. The maximum atomic E-state index is 12.6. The van der Waals surface area contributed by atoms with E-state index in [1.54, 1.807) is 24.3 Å². The van der Waals surface area contributed by atoms with E-state index in [1.807, 2.05) is 0 Å². The van der Waals surface area contributed by atoms with Gasteiger partial charge >= 0.3 is 5.97 Å². The number of ether oxygens (including phenoxy) is 1. The number of nitrogens with one attached hydrogen (secondary N) is 2. The highest BCUT2D eigenvalue weighted by molar-refractivity contribution is 7.92. The number of hydrogen-bond donors (Lipinski definition) is 3. The van der Waals surface area contributed by atoms with Crippen LogP contribution in [0.3, 0.4) is 0 Å². The summed E-state index contributed by atoms with van der Waals surface area (Å²) in [7, 11) is -2.28. The minimum absolute atomic E-state index is 0.0393. The zero-order valence-electron chi connectivity index (χ0n) is 16.5. The van der Waals surface area contributed by atoms with Crippen molar-refractivity contribution >= 4 is 33.3 Å². The van der Waals surface area contributed by atoms with E-state index in [9.17, 15) is 23.1 Å². The minimum Gasteiger partial charge on any atom is -0.497 e. The standard InChI is InChI=1S/C21H24N2O6S/c1-29-16-10-6-15(7-11-16)23-30(27,28)17-12-8-14(9-13-17)22-20(24)18-4-2-3-5-19(18)21(25)26/h6-13,18-19,23H,2-5H2,1H3,(H,22,24)(H,25,26)/t18-,19+/m0/s1. The van der Waals surface area contributed by atoms with E-state index in [2.05, 4.69) is 10.0 Å². The highest BCUT2D eigenvalue weighted by atomic mass is 32.2. The number of rotatable bonds is 7. The van der Waals surface area contributed by atoms with Crippen LogP contribution in [0.4, 0.5) is 11.4 Å². The predicted molar refractivity (Wildman–Crippen MR) is 112 cm³/mol. The van der Waals surface area contributed by atoms with Crippen LogP contribution in [-0.4, -0.2) is 32.5 Å². The van der Waals surface area contributed by atoms with Crippen molar-refractivity contribution in [2.75, 3.05) is 17.1 Å². The summed E-state index contributed by atoms with van der Waals surface area (Å²) < 4.78 is 32.6. The summed E-state index contributed by atoms with van der Waals surface area (Å²) in [6.45, 7) is 0. The van der Waals surface area contributed by atoms with Gasteiger partial charge < -0.3 is 15.2 Å². The summed E-state index contributed by atoms with van der Waals surface area (Å²) in [6.07, 6.45) is 2.63. The smallest absolute Gasteiger partial charge is 0.307 e. The molecule has 1 aliphatic carbocycles. The fourth-order valence-electron chi connectivity index (χ4n) is 3.57. The molecule has 8 nitrogen and oxygen atoms in total. The first kappa shape index (κ1) is 21.6. The molecule has 3 N–H and O–H groups in total. The lowest BCUT2D eigenvalue weighted by Gasteiger charge is -2.27. The first-order valence-electron chi connectivity index (χ1n) is 9.61. The molecule has 1 saturated carbocycles. The molecule has 1 fully saturated rings. The van der Waals surface area contributed by atoms with E-state index in [0.29, 0.717) is 30.0 Å². The Bertz CT molecular complexity index is 1000. The summed E-state index contributed by atoms with van der Waals surface area (Å²) in [4.78, 5) is 24.0. The number of amides is 1. The molecule has 1 amide bonds. The zero-order valence-corrected chi connectivity index (χ0v) is 17.3. The molecule has 30 heavy (non-hydrogen) atoms. The van der Waals surface area contributed by atoms with Gasteiger partial charge in [-0.15, -0.1) is 0 Å². The number of methoxy groups -OCH3 is 1. The van der Waals surface area contributed by atoms with Crippen LogP contribution < -0.4 is 14.8 Å². The lowest BCUT2D eigenvalue weighted by molar-refractivity contribution is -0.147. The van der Waals surface area contributed by atoms with Crippen molar-refractivity contribution in [2.45, 2.75) is 30.6 Å². The van der Waals surface area contributed by atoms with Gasteiger partial charge in [-0.2, -0.15) is 0 Å². The maximum Gasteiger partial charge on any atom is 0.307 e. The molecule has 0 bridgehead atoms. The second-order valence-corrected chi connectivity index (χ2v) is 8.87. The van der Waals surface area contributed by atoms with Gasteiger partial charge in [0.25, 0.3) is 10.0 Å². The third-order valence-electron chi connectivity index (χ3n) is 5.19. The summed E-state index contributed by atoms with van der Waals surface area (Å²) >= 11 is 0. The van der Waals surface area contributed by atoms with Gasteiger partial charge in [-0.05, 0) is 61.4 Å². The van der Waals surface area contributed by atoms with Gasteiger partial charge in [0.2, 0.25) is 5.91 Å². The largest absolute Gasteiger partial charge is 0.497 e. The minimum atomic E-state index is -3.80. The van der Waals surface area contributed by atoms with E-state index >= 15 is 0 Å². The second-order valence-electron chi connectivity index (χ2n) is 7.18. The molecule has 2 aromatic carbocycles. The van der Waals surface area contributed by atoms with Crippen LogP contribution in [0.5, 0.6) is 5.75 Å². The van der Waals surface area contributed by atoms with Crippen molar-refractivity contribution in [1.82, 2.24) is 0 Å². The Hall–Kier alpha value is -3.07. The molecule has 2 aromatic rings. The van der Waals surface area contributed by atoms with Gasteiger partial charge in [-0.3, -0.25) is 14.3 Å². The van der Waals surface area contributed by atoms with Crippen LogP contribution in [0, 0.1) is 11.8 Å². The maximum absolute atomic E-state index is 12.6. The van der Waals surface area contributed by atoms with Crippen LogP contribution in [0.15, 0.2) is 53.4 Å². The molecule has 0 heterocycles. The highest BCUT2D eigenvalue weighted by Crippen LogP contribution is 2.31. The molecule has 0 unspecified atom stereocenters. The van der Waals surface area contributed by atoms with E-state index in [0.717, 1.165) is 12.8 Å². The van der Waals surface area contributed by atoms with Gasteiger partial charge in [-0.1, -0.05) is 12.8 Å². The van der Waals surface area contributed by atoms with Crippen molar-refractivity contribution in [3.8, 4) is 5.75 Å². The van der Waals surface area contributed by atoms with Crippen molar-refractivity contribution in [3.05, 3.63) is 48.5 Å². The molecular formula is C21H24N2O6S. The monoisotopic (exact) mass is 432 g/mol. The molecule has 1 aliphatic rings. The van der Waals surface area contributed by atoms with Gasteiger partial charge in [-0.25, -0.2) is 8.42 Å². The number of carboxylic acid groups (broad SMARTS) is 1. The van der Waals surface area contributed by atoms with Crippen LogP contribution in [0.25, 0.3) is 0 Å². The molecule has 3 rings (SSSR count). The van der Waals surface area contributed by atoms with Crippen molar-refractivity contribution < 1.29 is 27.9 Å². The average Bonchev–Trinajstić information content (AvgIpc) is 2.74. The molecule has 2 atom stereocenters. The number of carbonyl (C=O) groups excluding carboxylic acids is 1. The Morgan fingerprint density at radius 2 is 1.50 bits per heavy atom. The number of anilines is 2. The summed E-state index contributed by atoms with van der Waals surface area (Å²) in [5.74, 6) is -1.97. The van der Waals surface area contributed by atoms with Gasteiger partial charge in [0, 0.05) is 11.4 Å². The van der Waals surface area contributed by atoms with Crippen molar-refractivity contribution in [3.63, 3.8) is 0 Å². The van der Waals surface area contributed by atoms with E-state index in [4.69, 9.17) is 4.74 Å². The number of hydrogen-bond acceptors (Lipinski definition) is 5. The molecule has 0 spiro atoms. The lowest BCUT2D eigenvalue weighted by Crippen LogP contribution is -2.36. The summed E-state index contributed by atoms with van der Waals surface area (Å²) in [6, 6.07) is 12.2. The third kappa shape index (κ3) is 5.10. The van der Waals surface area contributed by atoms with Crippen LogP contribution in [0.2, 0.25) is 0 Å². The van der Waals surface area contributed by atoms with Crippen LogP contribution in [-0.2, 0) is 19.6 Å². The lowest BCUT2D eigenvalue weighted by atomic mass is 9.78. The highest BCUT2D eigenvalue weighted by Gasteiger charge is 2.35. The summed E-state index contributed by atoms with van der Waals surface area (Å²) in [5, 5.41) is 12.0. The number of benzene rings is 2. The van der Waals surface area contributed by atoms with Crippen molar-refractivity contribution in [2.24, 2.45) is 11.8 Å². The van der Waals surface area contributed by atoms with E-state index < -0.39 is 27.8 Å². The molecule has 0 radical (unpaired) electrons. The fraction of sp³-hybridized carbons (Fsp3) is 0.333. The van der Waals surface area contributed by atoms with E-state index in [1.165, 1.54) is 31.4 Å². The SMILES string of the molecule is COc1ccc(NS(=O)(=O)c2ccc(NC(=O)[C@H]3CCCC[C@H]3C(=O)O)cc2)cc1. The zero-order chi connectivity index (χ0) is 21.7. The average molecular weight is 432 g/mol. The molecular weight excluding hydrogens is 408 g/mol. The predicted octanol–water partition coefficient (Wildman–Crippen LogP) is 3.33. The van der Waals surface area contributed by atoms with Gasteiger partial charge in [0.15, 0.2) is 0 Å². The number of carbonyl (C=O) groups is 2. The number of aliphatic carboxylic acids is 1. The quantitative estimate of drug-likeness (QED) is 0.617. The third-order valence-corrected chi connectivity index (χ3v) is 6.59. The number of sulfonamides is 1. The van der Waals surface area contributed by atoms with Crippen molar-refractivity contribution in [1.29, 1.82) is 0 Å². The summed E-state index contributed by atoms with van der Waals surface area (Å²) in [5.41, 5.74) is 0.809. The Labute approximate surface area is 175 Å². The normalized spacial score (nSPS) is 19.0. The van der Waals surface area contributed by atoms with Gasteiger partial charge in [0.1, 0.15) is 5.75 Å². The molecule has 9 heteroatoms.